The zero-order valence-corrected chi connectivity index (χ0v) is 16.0. The number of hydrogen-bond donors (Lipinski definition) is 8. The van der Waals surface area contributed by atoms with Crippen LogP contribution in [0.2, 0.25) is 0 Å². The maximum Gasteiger partial charge on any atom is 0.154 e. The first kappa shape index (κ1) is 27.2. The fourth-order valence-electron chi connectivity index (χ4n) is 1.63. The van der Waals surface area contributed by atoms with Crippen LogP contribution in [0.15, 0.2) is 0 Å². The van der Waals surface area contributed by atoms with Gasteiger partial charge < -0.3 is 50.4 Å². The molecule has 0 radical (unpaired) electrons. The number of aliphatic hydroxyl groups excluding tert-OH is 2. The van der Waals surface area contributed by atoms with E-state index in [0.29, 0.717) is 0 Å². The van der Waals surface area contributed by atoms with E-state index < -0.39 is 46.8 Å². The molecule has 0 aromatic carbocycles. The largest absolute Gasteiger partial charge is 0.393 e. The van der Waals surface area contributed by atoms with Crippen molar-refractivity contribution in [3.63, 3.8) is 0 Å². The van der Waals surface area contributed by atoms with E-state index >= 15 is 0 Å². The topological polar surface area (TPSA) is 196 Å². The third-order valence-corrected chi connectivity index (χ3v) is 5.14. The van der Waals surface area contributed by atoms with Gasteiger partial charge in [-0.3, -0.25) is 0 Å². The predicted octanol–water partition coefficient (Wildman–Crippen LogP) is -3.14. The molecule has 0 aromatic heterocycles. The molecule has 26 heavy (non-hydrogen) atoms. The molecule has 6 unspecified atom stereocenters. The first-order valence-corrected chi connectivity index (χ1v) is 7.73. The normalized spacial score (nSPS) is 25.5. The van der Waals surface area contributed by atoms with E-state index in [9.17, 15) is 40.2 Å². The Morgan fingerprint density at radius 2 is 0.769 bits per heavy atom. The van der Waals surface area contributed by atoms with E-state index in [2.05, 4.69) is 0 Å². The Labute approximate surface area is 152 Å². The third-order valence-electron chi connectivity index (χ3n) is 5.14. The van der Waals surface area contributed by atoms with Crippen LogP contribution in [-0.4, -0.2) is 100 Å². The molecule has 0 amide bonds. The molecule has 0 aromatic rings. The number of carbonyl (C=O) groups excluding carboxylic acids is 2. The molecule has 10 heteroatoms. The summed E-state index contributed by atoms with van der Waals surface area (Å²) in [6, 6.07) is 0. The van der Waals surface area contributed by atoms with Gasteiger partial charge in [0.05, 0.1) is 13.2 Å². The maximum absolute atomic E-state index is 10.4. The highest BCUT2D eigenvalue weighted by atomic mass is 16.4. The molecule has 0 aliphatic carbocycles. The van der Waals surface area contributed by atoms with E-state index in [1.54, 1.807) is 0 Å². The van der Waals surface area contributed by atoms with E-state index in [4.69, 9.17) is 10.2 Å². The van der Waals surface area contributed by atoms with Crippen molar-refractivity contribution in [3.05, 3.63) is 0 Å². The highest BCUT2D eigenvalue weighted by Gasteiger charge is 2.54. The average Bonchev–Trinajstić information content (AvgIpc) is 2.54. The molecule has 0 fully saturated rings. The van der Waals surface area contributed by atoms with Crippen molar-refractivity contribution in [1.82, 2.24) is 0 Å². The monoisotopic (exact) mass is 384 g/mol. The van der Waals surface area contributed by atoms with Crippen molar-refractivity contribution >= 4 is 12.6 Å². The van der Waals surface area contributed by atoms with Gasteiger partial charge in [-0.2, -0.15) is 0 Å². The van der Waals surface area contributed by atoms with Gasteiger partial charge >= 0.3 is 0 Å². The zero-order chi connectivity index (χ0) is 21.8. The molecule has 6 atom stereocenters. The second-order valence-electron chi connectivity index (χ2n) is 7.54. The Bertz CT molecular complexity index is 433. The molecule has 0 heterocycles. The Balaban J connectivity index is 0. The van der Waals surface area contributed by atoms with Gasteiger partial charge in [0.2, 0.25) is 0 Å². The lowest BCUT2D eigenvalue weighted by Crippen LogP contribution is -2.66. The predicted molar refractivity (Wildman–Crippen MR) is 90.0 cm³/mol. The lowest BCUT2D eigenvalue weighted by molar-refractivity contribution is -0.225. The zero-order valence-electron chi connectivity index (χ0n) is 16.0. The molecule has 8 N–H and O–H groups in total. The minimum Gasteiger partial charge on any atom is -0.393 e. The lowest BCUT2D eigenvalue weighted by atomic mass is 9.75. The molecule has 0 rings (SSSR count). The molecule has 156 valence electrons. The van der Waals surface area contributed by atoms with Crippen molar-refractivity contribution in [3.8, 4) is 0 Å². The fraction of sp³-hybridized carbons (Fsp3) is 0.875. The second kappa shape index (κ2) is 8.36. The summed E-state index contributed by atoms with van der Waals surface area (Å²) in [4.78, 5) is 20.9. The Morgan fingerprint density at radius 1 is 0.577 bits per heavy atom. The van der Waals surface area contributed by atoms with Crippen molar-refractivity contribution in [2.75, 3.05) is 13.2 Å². The molecule has 0 aliphatic heterocycles. The van der Waals surface area contributed by atoms with Crippen LogP contribution in [0.25, 0.3) is 0 Å². The van der Waals surface area contributed by atoms with E-state index in [1.807, 2.05) is 0 Å². The highest BCUT2D eigenvalue weighted by molar-refractivity contribution is 5.64. The summed E-state index contributed by atoms with van der Waals surface area (Å²) in [6.07, 6.45) is 0.244. The number of aldehydes is 2. The highest BCUT2D eigenvalue weighted by Crippen LogP contribution is 2.32. The van der Waals surface area contributed by atoms with Crippen LogP contribution in [0, 0.1) is 0 Å². The van der Waals surface area contributed by atoms with Crippen LogP contribution in [0.5, 0.6) is 0 Å². The van der Waals surface area contributed by atoms with Crippen LogP contribution < -0.4 is 0 Å². The van der Waals surface area contributed by atoms with Crippen LogP contribution >= 0.6 is 0 Å². The van der Waals surface area contributed by atoms with Crippen LogP contribution in [0.1, 0.15) is 41.5 Å². The summed E-state index contributed by atoms with van der Waals surface area (Å²) < 4.78 is 0. The number of carbonyl (C=O) groups is 2. The Hall–Kier alpha value is -0.980. The van der Waals surface area contributed by atoms with Gasteiger partial charge in [0.1, 0.15) is 33.6 Å². The van der Waals surface area contributed by atoms with Gasteiger partial charge in [0.15, 0.2) is 12.6 Å². The van der Waals surface area contributed by atoms with Gasteiger partial charge in [-0.1, -0.05) is 0 Å². The number of rotatable bonds is 8. The van der Waals surface area contributed by atoms with Gasteiger partial charge in [0, 0.05) is 0 Å². The van der Waals surface area contributed by atoms with Gasteiger partial charge in [-0.15, -0.1) is 0 Å². The summed E-state index contributed by atoms with van der Waals surface area (Å²) in [5, 5.41) is 74.7. The minimum absolute atomic E-state index is 0.122. The Kier molecular flexibility index (Phi) is 8.76. The summed E-state index contributed by atoms with van der Waals surface area (Å²) in [6.45, 7) is 5.02. The summed E-state index contributed by atoms with van der Waals surface area (Å²) >= 11 is 0. The average molecular weight is 384 g/mol. The molecule has 0 saturated carbocycles. The van der Waals surface area contributed by atoms with Crippen molar-refractivity contribution in [1.29, 1.82) is 0 Å². The first-order chi connectivity index (χ1) is 11.2. The van der Waals surface area contributed by atoms with Crippen LogP contribution in [-0.2, 0) is 9.59 Å². The Morgan fingerprint density at radius 3 is 0.885 bits per heavy atom. The minimum atomic E-state index is -2.11. The maximum atomic E-state index is 10.4. The molecule has 10 nitrogen and oxygen atoms in total. The summed E-state index contributed by atoms with van der Waals surface area (Å²) in [5.41, 5.74) is -12.3. The smallest absolute Gasteiger partial charge is 0.154 e. The van der Waals surface area contributed by atoms with E-state index in [0.717, 1.165) is 41.5 Å². The van der Waals surface area contributed by atoms with Crippen molar-refractivity contribution < 1.29 is 50.4 Å². The number of aliphatic hydroxyl groups is 8. The SMILES string of the molecule is CC(O)(C=O)C(C)(O)C(C)(O)CO.CC(O)(C=O)C(C)(O)C(C)(O)CO. The molecule has 0 spiro atoms. The first-order valence-electron chi connectivity index (χ1n) is 7.73. The van der Waals surface area contributed by atoms with Gasteiger partial charge in [-0.25, -0.2) is 0 Å². The third kappa shape index (κ3) is 5.05. The van der Waals surface area contributed by atoms with Crippen molar-refractivity contribution in [2.45, 2.75) is 75.1 Å². The fourth-order valence-corrected chi connectivity index (χ4v) is 1.63. The van der Waals surface area contributed by atoms with Gasteiger partial charge in [0.25, 0.3) is 0 Å². The lowest BCUT2D eigenvalue weighted by Gasteiger charge is -2.43. The van der Waals surface area contributed by atoms with Crippen LogP contribution in [0.4, 0.5) is 0 Å². The molecular formula is C16H32O10. The van der Waals surface area contributed by atoms with Crippen molar-refractivity contribution in [2.24, 2.45) is 0 Å². The number of hydrogen-bond acceptors (Lipinski definition) is 10. The molecule has 0 aliphatic rings. The molecule has 0 bridgehead atoms. The van der Waals surface area contributed by atoms with Gasteiger partial charge in [-0.05, 0) is 41.5 Å². The van der Waals surface area contributed by atoms with Crippen LogP contribution in [0.3, 0.4) is 0 Å². The second-order valence-corrected chi connectivity index (χ2v) is 7.54. The summed E-state index contributed by atoms with van der Waals surface area (Å²) in [7, 11) is 0. The van der Waals surface area contributed by atoms with E-state index in [1.165, 1.54) is 0 Å². The summed E-state index contributed by atoms with van der Waals surface area (Å²) in [5.74, 6) is 0. The quantitative estimate of drug-likeness (QED) is 0.198. The molecule has 0 saturated heterocycles. The molecular weight excluding hydrogens is 352 g/mol. The van der Waals surface area contributed by atoms with E-state index in [-0.39, 0.29) is 12.6 Å². The standard InChI is InChI=1S/2C8H16O5/c2*1-6(11,4-9)8(3,13)7(2,12)5-10/h2*4,10-13H,5H2,1-3H3.